The van der Waals surface area contributed by atoms with Gasteiger partial charge in [-0.2, -0.15) is 0 Å². The lowest BCUT2D eigenvalue weighted by Gasteiger charge is -2.39. The molecular weight excluding hydrogens is 276 g/mol. The number of fused-ring (bicyclic) bond motifs is 1. The maximum absolute atomic E-state index is 2.36. The van der Waals surface area contributed by atoms with Crippen LogP contribution in [0.25, 0.3) is 0 Å². The SMILES string of the molecule is CCC1CC2(c3ccc(C)cc3)CC1C2.Cc1ccc(C)cc1. The van der Waals surface area contributed by atoms with Crippen molar-refractivity contribution in [3.8, 4) is 0 Å². The molecule has 2 aromatic rings. The summed E-state index contributed by atoms with van der Waals surface area (Å²) >= 11 is 0. The molecule has 122 valence electrons. The van der Waals surface area contributed by atoms with Crippen molar-refractivity contribution in [1.82, 2.24) is 0 Å². The lowest BCUT2D eigenvalue weighted by Crippen LogP contribution is -2.32. The standard InChI is InChI=1S/C15H20.C8H10/c1-3-12-8-15(9-13(12)10-15)14-6-4-11(2)5-7-14;1-7-3-5-8(2)6-4-7/h4-7,12-13H,3,8-10H2,1-2H3;3-6H,1-2H3. The molecule has 3 fully saturated rings. The third-order valence-electron chi connectivity index (χ3n) is 6.03. The Morgan fingerprint density at radius 1 is 0.739 bits per heavy atom. The zero-order chi connectivity index (χ0) is 16.4. The van der Waals surface area contributed by atoms with Gasteiger partial charge in [0.2, 0.25) is 0 Å². The van der Waals surface area contributed by atoms with Gasteiger partial charge in [-0.3, -0.25) is 0 Å². The highest BCUT2D eigenvalue weighted by Gasteiger charge is 2.55. The average molecular weight is 306 g/mol. The molecule has 0 radical (unpaired) electrons. The molecular formula is C23H30. The maximum Gasteiger partial charge on any atom is -0.00388 e. The molecule has 0 amide bonds. The summed E-state index contributed by atoms with van der Waals surface area (Å²) in [5.41, 5.74) is 6.25. The predicted molar refractivity (Wildman–Crippen MR) is 99.9 cm³/mol. The van der Waals surface area contributed by atoms with Gasteiger partial charge in [-0.05, 0) is 62.8 Å². The Morgan fingerprint density at radius 3 is 1.57 bits per heavy atom. The van der Waals surface area contributed by atoms with Gasteiger partial charge in [0, 0.05) is 0 Å². The van der Waals surface area contributed by atoms with Crippen molar-refractivity contribution in [2.24, 2.45) is 11.8 Å². The van der Waals surface area contributed by atoms with Crippen LogP contribution in [0.4, 0.5) is 0 Å². The van der Waals surface area contributed by atoms with Crippen molar-refractivity contribution in [1.29, 1.82) is 0 Å². The van der Waals surface area contributed by atoms with E-state index in [2.05, 4.69) is 76.2 Å². The third kappa shape index (κ3) is 3.37. The number of rotatable bonds is 2. The molecule has 3 saturated carbocycles. The van der Waals surface area contributed by atoms with Crippen LogP contribution in [0.5, 0.6) is 0 Å². The van der Waals surface area contributed by atoms with Crippen LogP contribution in [0.2, 0.25) is 0 Å². The highest BCUT2D eigenvalue weighted by atomic mass is 14.6. The van der Waals surface area contributed by atoms with Crippen LogP contribution in [0.3, 0.4) is 0 Å². The van der Waals surface area contributed by atoms with E-state index in [1.54, 1.807) is 5.56 Å². The van der Waals surface area contributed by atoms with Crippen molar-refractivity contribution in [3.63, 3.8) is 0 Å². The molecule has 3 aliphatic rings. The molecule has 1 unspecified atom stereocenters. The highest BCUT2D eigenvalue weighted by molar-refractivity contribution is 5.34. The Labute approximate surface area is 141 Å². The van der Waals surface area contributed by atoms with E-state index in [0.29, 0.717) is 5.41 Å². The Kier molecular flexibility index (Phi) is 4.62. The summed E-state index contributed by atoms with van der Waals surface area (Å²) in [6.45, 7) is 8.72. The summed E-state index contributed by atoms with van der Waals surface area (Å²) in [4.78, 5) is 0. The number of hydrogen-bond donors (Lipinski definition) is 0. The molecule has 0 heteroatoms. The van der Waals surface area contributed by atoms with Crippen LogP contribution < -0.4 is 0 Å². The normalized spacial score (nSPS) is 27.8. The number of hydrogen-bond acceptors (Lipinski definition) is 0. The van der Waals surface area contributed by atoms with Gasteiger partial charge in [-0.15, -0.1) is 0 Å². The molecule has 0 nitrogen and oxygen atoms in total. The van der Waals surface area contributed by atoms with Crippen molar-refractivity contribution < 1.29 is 0 Å². The molecule has 0 heterocycles. The smallest absolute Gasteiger partial charge is 0.00388 e. The topological polar surface area (TPSA) is 0 Å². The van der Waals surface area contributed by atoms with E-state index in [4.69, 9.17) is 0 Å². The molecule has 3 aliphatic carbocycles. The molecule has 1 atom stereocenters. The Morgan fingerprint density at radius 2 is 1.17 bits per heavy atom. The maximum atomic E-state index is 2.36. The van der Waals surface area contributed by atoms with E-state index >= 15 is 0 Å². The summed E-state index contributed by atoms with van der Waals surface area (Å²) in [6, 6.07) is 17.8. The van der Waals surface area contributed by atoms with Crippen LogP contribution in [0, 0.1) is 32.6 Å². The summed E-state index contributed by atoms with van der Waals surface area (Å²) in [5.74, 6) is 2.07. The molecule has 2 aromatic carbocycles. The first-order chi connectivity index (χ1) is 11.0. The molecule has 0 saturated heterocycles. The van der Waals surface area contributed by atoms with Crippen molar-refractivity contribution in [2.75, 3.05) is 0 Å². The predicted octanol–water partition coefficient (Wildman–Crippen LogP) is 6.38. The fourth-order valence-electron chi connectivity index (χ4n) is 4.49. The van der Waals surface area contributed by atoms with Gasteiger partial charge in [0.15, 0.2) is 0 Å². The number of aryl methyl sites for hydroxylation is 3. The molecule has 2 bridgehead atoms. The Balaban J connectivity index is 0.000000166. The van der Waals surface area contributed by atoms with Gasteiger partial charge in [-0.1, -0.05) is 78.6 Å². The van der Waals surface area contributed by atoms with Crippen LogP contribution in [0.15, 0.2) is 48.5 Å². The van der Waals surface area contributed by atoms with E-state index in [1.165, 1.54) is 42.4 Å². The first kappa shape index (κ1) is 16.3. The van der Waals surface area contributed by atoms with Gasteiger partial charge in [-0.25, -0.2) is 0 Å². The highest BCUT2D eigenvalue weighted by Crippen LogP contribution is 2.63. The second kappa shape index (κ2) is 6.51. The van der Waals surface area contributed by atoms with Gasteiger partial charge in [0.1, 0.15) is 0 Å². The first-order valence-electron chi connectivity index (χ1n) is 9.13. The molecule has 23 heavy (non-hydrogen) atoms. The minimum absolute atomic E-state index is 0.596. The lowest BCUT2D eigenvalue weighted by molar-refractivity contribution is 0.226. The average Bonchev–Trinajstić information content (AvgIpc) is 3.07. The minimum atomic E-state index is 0.596. The van der Waals surface area contributed by atoms with Gasteiger partial charge < -0.3 is 0 Å². The lowest BCUT2D eigenvalue weighted by atomic mass is 9.65. The monoisotopic (exact) mass is 306 g/mol. The fraction of sp³-hybridized carbons (Fsp3) is 0.478. The van der Waals surface area contributed by atoms with E-state index in [0.717, 1.165) is 11.8 Å². The molecule has 0 spiro atoms. The Bertz CT molecular complexity index is 606. The van der Waals surface area contributed by atoms with Crippen LogP contribution in [-0.4, -0.2) is 0 Å². The van der Waals surface area contributed by atoms with E-state index in [1.807, 2.05) is 0 Å². The molecule has 0 aromatic heterocycles. The summed E-state index contributed by atoms with van der Waals surface area (Å²) < 4.78 is 0. The molecule has 0 N–H and O–H groups in total. The molecule has 5 rings (SSSR count). The van der Waals surface area contributed by atoms with Gasteiger partial charge >= 0.3 is 0 Å². The Hall–Kier alpha value is -1.56. The van der Waals surface area contributed by atoms with Crippen LogP contribution >= 0.6 is 0 Å². The van der Waals surface area contributed by atoms with Crippen LogP contribution in [0.1, 0.15) is 54.9 Å². The van der Waals surface area contributed by atoms with E-state index in [-0.39, 0.29) is 0 Å². The quantitative estimate of drug-likeness (QED) is 0.604. The fourth-order valence-corrected chi connectivity index (χ4v) is 4.49. The van der Waals surface area contributed by atoms with Crippen molar-refractivity contribution >= 4 is 0 Å². The number of benzene rings is 2. The summed E-state index contributed by atoms with van der Waals surface area (Å²) in [6.07, 6.45) is 5.78. The van der Waals surface area contributed by atoms with Crippen LogP contribution in [-0.2, 0) is 5.41 Å². The van der Waals surface area contributed by atoms with E-state index < -0.39 is 0 Å². The van der Waals surface area contributed by atoms with Crippen molar-refractivity contribution in [2.45, 2.75) is 58.8 Å². The molecule has 0 aliphatic heterocycles. The van der Waals surface area contributed by atoms with E-state index in [9.17, 15) is 0 Å². The zero-order valence-corrected chi connectivity index (χ0v) is 15.1. The van der Waals surface area contributed by atoms with Crippen molar-refractivity contribution in [3.05, 3.63) is 70.8 Å². The van der Waals surface area contributed by atoms with Gasteiger partial charge in [0.25, 0.3) is 0 Å². The minimum Gasteiger partial charge on any atom is -0.0651 e. The second-order valence-corrected chi connectivity index (χ2v) is 7.84. The first-order valence-corrected chi connectivity index (χ1v) is 9.13. The second-order valence-electron chi connectivity index (χ2n) is 7.84. The summed E-state index contributed by atoms with van der Waals surface area (Å²) in [5, 5.41) is 0. The summed E-state index contributed by atoms with van der Waals surface area (Å²) in [7, 11) is 0. The zero-order valence-electron chi connectivity index (χ0n) is 15.1. The third-order valence-corrected chi connectivity index (χ3v) is 6.03. The van der Waals surface area contributed by atoms with Gasteiger partial charge in [0.05, 0.1) is 0 Å². The largest absolute Gasteiger partial charge is 0.0651 e.